The van der Waals surface area contributed by atoms with Gasteiger partial charge in [-0.1, -0.05) is 43.2 Å². The lowest BCUT2D eigenvalue weighted by Crippen LogP contribution is -2.36. The molecule has 0 aromatic heterocycles. The largest absolute Gasteiger partial charge is 0.451 e. The average Bonchev–Trinajstić information content (AvgIpc) is 3.04. The summed E-state index contributed by atoms with van der Waals surface area (Å²) in [6.45, 7) is -0.358. The van der Waals surface area contributed by atoms with Crippen molar-refractivity contribution in [3.05, 3.63) is 41.5 Å². The number of hydrogen-bond acceptors (Lipinski definition) is 4. The summed E-state index contributed by atoms with van der Waals surface area (Å²) < 4.78 is 4.90. The molecular weight excluding hydrogens is 280 g/mol. The van der Waals surface area contributed by atoms with Gasteiger partial charge in [-0.05, 0) is 24.5 Å². The summed E-state index contributed by atoms with van der Waals surface area (Å²) in [7, 11) is 0. The van der Waals surface area contributed by atoms with Crippen molar-refractivity contribution < 1.29 is 14.3 Å². The zero-order chi connectivity index (χ0) is 15.8. The predicted molar refractivity (Wildman–Crippen MR) is 81.4 cm³/mol. The minimum absolute atomic E-state index is 0.125. The van der Waals surface area contributed by atoms with E-state index in [0.29, 0.717) is 0 Å². The van der Waals surface area contributed by atoms with Crippen LogP contribution >= 0.6 is 0 Å². The Morgan fingerprint density at radius 3 is 2.59 bits per heavy atom. The highest BCUT2D eigenvalue weighted by Crippen LogP contribution is 2.17. The quantitative estimate of drug-likeness (QED) is 0.513. The lowest BCUT2D eigenvalue weighted by molar-refractivity contribution is -0.144. The number of carbonyl (C=O) groups is 2. The molecule has 0 saturated heterocycles. The summed E-state index contributed by atoms with van der Waals surface area (Å²) >= 11 is 0. The Morgan fingerprint density at radius 2 is 1.95 bits per heavy atom. The normalized spacial score (nSPS) is 15.1. The second-order valence-electron chi connectivity index (χ2n) is 5.21. The second kappa shape index (κ2) is 7.99. The SMILES string of the molecule is N#CC(=Cc1ccccc1)C(=O)OCC(=O)NC1CCCC1. The molecule has 0 bridgehead atoms. The molecule has 1 N–H and O–H groups in total. The molecule has 0 spiro atoms. The third kappa shape index (κ3) is 4.74. The van der Waals surface area contributed by atoms with E-state index in [9.17, 15) is 9.59 Å². The summed E-state index contributed by atoms with van der Waals surface area (Å²) in [5, 5.41) is 11.9. The maximum Gasteiger partial charge on any atom is 0.349 e. The summed E-state index contributed by atoms with van der Waals surface area (Å²) in [6, 6.07) is 11.0. The Balaban J connectivity index is 1.86. The van der Waals surface area contributed by atoms with Crippen LogP contribution < -0.4 is 5.32 Å². The standard InChI is InChI=1S/C17H18N2O3/c18-11-14(10-13-6-2-1-3-7-13)17(21)22-12-16(20)19-15-8-4-5-9-15/h1-3,6-7,10,15H,4-5,8-9,12H2,(H,19,20). The van der Waals surface area contributed by atoms with E-state index in [-0.39, 0.29) is 24.1 Å². The van der Waals surface area contributed by atoms with Crippen molar-refractivity contribution in [2.24, 2.45) is 0 Å². The minimum Gasteiger partial charge on any atom is -0.451 e. The van der Waals surface area contributed by atoms with Crippen molar-refractivity contribution in [3.8, 4) is 6.07 Å². The van der Waals surface area contributed by atoms with E-state index in [4.69, 9.17) is 10.00 Å². The fraction of sp³-hybridized carbons (Fsp3) is 0.353. The summed E-state index contributed by atoms with van der Waals surface area (Å²) in [5.74, 6) is -1.11. The summed E-state index contributed by atoms with van der Waals surface area (Å²) in [6.07, 6.45) is 5.61. The highest BCUT2D eigenvalue weighted by Gasteiger charge is 2.18. The van der Waals surface area contributed by atoms with E-state index in [1.807, 2.05) is 6.07 Å². The Kier molecular flexibility index (Phi) is 5.73. The van der Waals surface area contributed by atoms with Gasteiger partial charge < -0.3 is 10.1 Å². The molecule has 5 nitrogen and oxygen atoms in total. The second-order valence-corrected chi connectivity index (χ2v) is 5.21. The first-order chi connectivity index (χ1) is 10.7. The molecule has 1 aliphatic rings. The van der Waals surface area contributed by atoms with Gasteiger partial charge in [0.05, 0.1) is 0 Å². The van der Waals surface area contributed by atoms with Crippen LogP contribution in [0.3, 0.4) is 0 Å². The van der Waals surface area contributed by atoms with E-state index >= 15 is 0 Å². The van der Waals surface area contributed by atoms with E-state index in [1.54, 1.807) is 30.3 Å². The molecule has 114 valence electrons. The molecule has 22 heavy (non-hydrogen) atoms. The van der Waals surface area contributed by atoms with Crippen molar-refractivity contribution in [2.45, 2.75) is 31.7 Å². The smallest absolute Gasteiger partial charge is 0.349 e. The topological polar surface area (TPSA) is 79.2 Å². The lowest BCUT2D eigenvalue weighted by atomic mass is 10.1. The number of amides is 1. The molecule has 0 unspecified atom stereocenters. The van der Waals surface area contributed by atoms with E-state index in [1.165, 1.54) is 6.08 Å². The number of nitrogens with zero attached hydrogens (tertiary/aromatic N) is 1. The fourth-order valence-corrected chi connectivity index (χ4v) is 2.40. The zero-order valence-electron chi connectivity index (χ0n) is 12.2. The predicted octanol–water partition coefficient (Wildman–Crippen LogP) is 2.20. The third-order valence-corrected chi connectivity index (χ3v) is 3.51. The number of hydrogen-bond donors (Lipinski definition) is 1. The number of esters is 1. The molecule has 1 aromatic rings. The number of ether oxygens (including phenoxy) is 1. The van der Waals surface area contributed by atoms with Crippen molar-refractivity contribution in [1.29, 1.82) is 5.26 Å². The Bertz CT molecular complexity index is 596. The molecule has 1 aromatic carbocycles. The van der Waals surface area contributed by atoms with Gasteiger partial charge in [-0.3, -0.25) is 4.79 Å². The van der Waals surface area contributed by atoms with E-state index < -0.39 is 5.97 Å². The molecule has 1 aliphatic carbocycles. The van der Waals surface area contributed by atoms with Gasteiger partial charge in [-0.15, -0.1) is 0 Å². The molecule has 1 saturated carbocycles. The van der Waals surface area contributed by atoms with Crippen LogP contribution in [0.2, 0.25) is 0 Å². The van der Waals surface area contributed by atoms with Crippen molar-refractivity contribution in [1.82, 2.24) is 5.32 Å². The zero-order valence-corrected chi connectivity index (χ0v) is 12.2. The van der Waals surface area contributed by atoms with Gasteiger partial charge in [0.15, 0.2) is 6.61 Å². The maximum atomic E-state index is 11.8. The minimum atomic E-state index is -0.784. The third-order valence-electron chi connectivity index (χ3n) is 3.51. The molecule has 1 fully saturated rings. The molecule has 0 aliphatic heterocycles. The average molecular weight is 298 g/mol. The maximum absolute atomic E-state index is 11.8. The van der Waals surface area contributed by atoms with Gasteiger partial charge in [0.25, 0.3) is 5.91 Å². The van der Waals surface area contributed by atoms with Gasteiger partial charge >= 0.3 is 5.97 Å². The van der Waals surface area contributed by atoms with Crippen LogP contribution in [-0.2, 0) is 14.3 Å². The molecular formula is C17H18N2O3. The van der Waals surface area contributed by atoms with Crippen molar-refractivity contribution in [2.75, 3.05) is 6.61 Å². The van der Waals surface area contributed by atoms with E-state index in [0.717, 1.165) is 31.2 Å². The van der Waals surface area contributed by atoms with Crippen LogP contribution in [0.15, 0.2) is 35.9 Å². The number of rotatable bonds is 5. The molecule has 0 radical (unpaired) electrons. The summed E-state index contributed by atoms with van der Waals surface area (Å²) in [4.78, 5) is 23.5. The molecule has 5 heteroatoms. The van der Waals surface area contributed by atoms with Gasteiger partial charge in [-0.25, -0.2) is 4.79 Å². The first-order valence-electron chi connectivity index (χ1n) is 7.32. The van der Waals surface area contributed by atoms with Crippen molar-refractivity contribution >= 4 is 18.0 Å². The Labute approximate surface area is 129 Å². The monoisotopic (exact) mass is 298 g/mol. The first kappa shape index (κ1) is 15.8. The van der Waals surface area contributed by atoms with Crippen LogP contribution in [0, 0.1) is 11.3 Å². The molecule has 2 rings (SSSR count). The Morgan fingerprint density at radius 1 is 1.27 bits per heavy atom. The number of carbonyl (C=O) groups excluding carboxylic acids is 2. The van der Waals surface area contributed by atoms with Crippen LogP contribution in [-0.4, -0.2) is 24.5 Å². The molecule has 1 amide bonds. The Hall–Kier alpha value is -2.61. The van der Waals surface area contributed by atoms with Crippen LogP contribution in [0.1, 0.15) is 31.2 Å². The summed E-state index contributed by atoms with van der Waals surface area (Å²) in [5.41, 5.74) is 0.603. The number of nitriles is 1. The fourth-order valence-electron chi connectivity index (χ4n) is 2.40. The lowest BCUT2D eigenvalue weighted by Gasteiger charge is -2.11. The molecule has 0 atom stereocenters. The van der Waals surface area contributed by atoms with Crippen molar-refractivity contribution in [3.63, 3.8) is 0 Å². The van der Waals surface area contributed by atoms with Gasteiger partial charge in [0.1, 0.15) is 11.6 Å². The number of benzene rings is 1. The van der Waals surface area contributed by atoms with Gasteiger partial charge in [-0.2, -0.15) is 5.26 Å². The molecule has 0 heterocycles. The van der Waals surface area contributed by atoms with Gasteiger partial charge in [0.2, 0.25) is 0 Å². The van der Waals surface area contributed by atoms with Crippen LogP contribution in [0.25, 0.3) is 6.08 Å². The highest BCUT2D eigenvalue weighted by atomic mass is 16.5. The first-order valence-corrected chi connectivity index (χ1v) is 7.32. The van der Waals surface area contributed by atoms with Crippen LogP contribution in [0.4, 0.5) is 0 Å². The number of nitrogens with one attached hydrogen (secondary N) is 1. The van der Waals surface area contributed by atoms with E-state index in [2.05, 4.69) is 5.32 Å². The van der Waals surface area contributed by atoms with Gasteiger partial charge in [0, 0.05) is 6.04 Å². The van der Waals surface area contributed by atoms with Crippen LogP contribution in [0.5, 0.6) is 0 Å². The highest BCUT2D eigenvalue weighted by molar-refractivity contribution is 5.98.